The van der Waals surface area contributed by atoms with Gasteiger partial charge in [-0.1, -0.05) is 24.3 Å². The molecule has 0 saturated heterocycles. The van der Waals surface area contributed by atoms with Crippen LogP contribution < -0.4 is 29.6 Å². The summed E-state index contributed by atoms with van der Waals surface area (Å²) in [5.74, 6) is -0.635. The van der Waals surface area contributed by atoms with Crippen molar-refractivity contribution in [3.8, 4) is 34.1 Å². The molecule has 1 aliphatic rings. The Labute approximate surface area is 214 Å². The number of carbonyl (C=O) groups excluding carboxylic acids is 1. The fourth-order valence-electron chi connectivity index (χ4n) is 4.16. The average Bonchev–Trinajstić information content (AvgIpc) is 2.89. The number of amides is 1. The van der Waals surface area contributed by atoms with Crippen LogP contribution in [0.25, 0.3) is 11.1 Å². The normalized spacial score (nSPS) is 12.2. The third-order valence-corrected chi connectivity index (χ3v) is 6.10. The highest BCUT2D eigenvalue weighted by molar-refractivity contribution is 5.72. The Kier molecular flexibility index (Phi) is 8.45. The van der Waals surface area contributed by atoms with Crippen molar-refractivity contribution in [2.45, 2.75) is 27.0 Å². The molecule has 0 spiro atoms. The lowest BCUT2D eigenvalue weighted by Crippen LogP contribution is -2.30. The lowest BCUT2D eigenvalue weighted by molar-refractivity contribution is -0.118. The zero-order valence-electron chi connectivity index (χ0n) is 21.1. The summed E-state index contributed by atoms with van der Waals surface area (Å²) < 4.78 is 52.3. The molecule has 1 heterocycles. The first-order valence-corrected chi connectivity index (χ1v) is 12.0. The lowest BCUT2D eigenvalue weighted by atomic mass is 9.96. The van der Waals surface area contributed by atoms with E-state index in [4.69, 9.17) is 18.9 Å². The number of nitrogens with one attached hydrogen (secondary N) is 2. The van der Waals surface area contributed by atoms with E-state index in [-0.39, 0.29) is 36.1 Å². The highest BCUT2D eigenvalue weighted by Crippen LogP contribution is 2.37. The van der Waals surface area contributed by atoms with Gasteiger partial charge in [0.1, 0.15) is 25.6 Å². The quantitative estimate of drug-likeness (QED) is 0.389. The van der Waals surface area contributed by atoms with Crippen molar-refractivity contribution in [2.75, 3.05) is 33.4 Å². The number of benzene rings is 3. The molecule has 0 atom stereocenters. The molecule has 3 aromatic carbocycles. The molecule has 9 heteroatoms. The maximum absolute atomic E-state index is 15.2. The van der Waals surface area contributed by atoms with Crippen molar-refractivity contribution < 1.29 is 32.5 Å². The topological polar surface area (TPSA) is 78.1 Å². The van der Waals surface area contributed by atoms with E-state index in [2.05, 4.69) is 10.6 Å². The van der Waals surface area contributed by atoms with Gasteiger partial charge in [-0.25, -0.2) is 4.39 Å². The first-order chi connectivity index (χ1) is 17.9. The van der Waals surface area contributed by atoms with E-state index in [1.165, 1.54) is 14.0 Å². The largest absolute Gasteiger partial charge is 0.493 e. The second-order valence-corrected chi connectivity index (χ2v) is 8.58. The molecule has 1 aliphatic heterocycles. The smallest absolute Gasteiger partial charge is 0.216 e. The second kappa shape index (κ2) is 11.9. The molecule has 0 radical (unpaired) electrons. The molecule has 0 bridgehead atoms. The molecule has 37 heavy (non-hydrogen) atoms. The van der Waals surface area contributed by atoms with Crippen molar-refractivity contribution in [3.63, 3.8) is 0 Å². The number of rotatable bonds is 10. The summed E-state index contributed by atoms with van der Waals surface area (Å²) in [6, 6.07) is 12.6. The van der Waals surface area contributed by atoms with Crippen LogP contribution in [0, 0.1) is 18.6 Å². The van der Waals surface area contributed by atoms with Gasteiger partial charge in [0, 0.05) is 38.2 Å². The molecule has 2 N–H and O–H groups in total. The Morgan fingerprint density at radius 3 is 2.59 bits per heavy atom. The summed E-state index contributed by atoms with van der Waals surface area (Å²) in [6.07, 6.45) is 0. The zero-order chi connectivity index (χ0) is 26.4. The van der Waals surface area contributed by atoms with Crippen LogP contribution >= 0.6 is 0 Å². The summed E-state index contributed by atoms with van der Waals surface area (Å²) in [6.45, 7) is 5.22. The predicted octanol–water partition coefficient (Wildman–Crippen LogP) is 4.52. The van der Waals surface area contributed by atoms with Crippen molar-refractivity contribution in [1.29, 1.82) is 0 Å². The Bertz CT molecular complexity index is 1280. The van der Waals surface area contributed by atoms with Gasteiger partial charge in [-0.05, 0) is 41.3 Å². The number of hydrogen-bond donors (Lipinski definition) is 2. The van der Waals surface area contributed by atoms with Crippen LogP contribution in [-0.4, -0.2) is 39.3 Å². The van der Waals surface area contributed by atoms with E-state index in [1.54, 1.807) is 0 Å². The van der Waals surface area contributed by atoms with Gasteiger partial charge in [-0.3, -0.25) is 4.79 Å². The van der Waals surface area contributed by atoms with Crippen molar-refractivity contribution in [1.82, 2.24) is 10.6 Å². The van der Waals surface area contributed by atoms with Gasteiger partial charge >= 0.3 is 0 Å². The molecule has 0 saturated carbocycles. The molecule has 0 aliphatic carbocycles. The Balaban J connectivity index is 1.49. The molecule has 1 amide bonds. The van der Waals surface area contributed by atoms with Gasteiger partial charge in [-0.2, -0.15) is 4.39 Å². The summed E-state index contributed by atoms with van der Waals surface area (Å²) >= 11 is 0. The van der Waals surface area contributed by atoms with Gasteiger partial charge in [0.2, 0.25) is 11.7 Å². The number of fused-ring (bicyclic) bond motifs is 1. The number of halogens is 2. The highest BCUT2D eigenvalue weighted by atomic mass is 19.1. The van der Waals surface area contributed by atoms with Crippen LogP contribution in [0.4, 0.5) is 8.78 Å². The maximum atomic E-state index is 15.2. The van der Waals surface area contributed by atoms with Crippen LogP contribution in [-0.2, 0) is 17.9 Å². The average molecular weight is 513 g/mol. The fraction of sp³-hybridized carbons (Fsp3) is 0.321. The highest BCUT2D eigenvalue weighted by Gasteiger charge is 2.21. The summed E-state index contributed by atoms with van der Waals surface area (Å²) in [7, 11) is 1.28. The van der Waals surface area contributed by atoms with Crippen LogP contribution in [0.5, 0.6) is 23.0 Å². The number of hydrogen-bond acceptors (Lipinski definition) is 6. The van der Waals surface area contributed by atoms with E-state index < -0.39 is 11.6 Å². The molecular formula is C28H30F2N2O5. The van der Waals surface area contributed by atoms with E-state index in [0.29, 0.717) is 37.8 Å². The number of carbonyl (C=O) groups is 1. The third kappa shape index (κ3) is 6.11. The minimum absolute atomic E-state index is 0.0302. The molecule has 3 aromatic rings. The second-order valence-electron chi connectivity index (χ2n) is 8.58. The van der Waals surface area contributed by atoms with Gasteiger partial charge in [0.25, 0.3) is 0 Å². The Morgan fingerprint density at radius 1 is 1.05 bits per heavy atom. The lowest BCUT2D eigenvalue weighted by Gasteiger charge is -2.20. The van der Waals surface area contributed by atoms with Crippen molar-refractivity contribution in [2.24, 2.45) is 0 Å². The molecule has 0 fully saturated rings. The van der Waals surface area contributed by atoms with Crippen LogP contribution in [0.15, 0.2) is 42.5 Å². The van der Waals surface area contributed by atoms with Crippen LogP contribution in [0.1, 0.15) is 23.6 Å². The standard InChI is InChI=1S/C28H30F2N2O5/c1-17-20(5-4-6-21(17)19-7-8-24-25(13-19)36-12-11-35-24)16-37-26-14-23(29)22(28(34-3)27(26)30)15-31-9-10-32-18(2)33/h4-8,13-14,31H,9-12,15-16H2,1-3H3,(H,32,33). The number of methoxy groups -OCH3 is 1. The molecular weight excluding hydrogens is 482 g/mol. The molecule has 4 rings (SSSR count). The maximum Gasteiger partial charge on any atom is 0.216 e. The first kappa shape index (κ1) is 26.2. The van der Waals surface area contributed by atoms with Gasteiger partial charge in [0.15, 0.2) is 23.0 Å². The molecule has 0 unspecified atom stereocenters. The Hall–Kier alpha value is -3.85. The van der Waals surface area contributed by atoms with Gasteiger partial charge < -0.3 is 29.6 Å². The van der Waals surface area contributed by atoms with Crippen LogP contribution in [0.2, 0.25) is 0 Å². The SMILES string of the molecule is COc1c(F)c(OCc2cccc(-c3ccc4c(c3)OCCO4)c2C)cc(F)c1CNCCNC(C)=O. The summed E-state index contributed by atoms with van der Waals surface area (Å²) in [5, 5.41) is 5.59. The molecule has 0 aromatic heterocycles. The van der Waals surface area contributed by atoms with E-state index in [1.807, 2.05) is 43.3 Å². The minimum atomic E-state index is -0.775. The summed E-state index contributed by atoms with van der Waals surface area (Å²) in [5.41, 5.74) is 3.76. The van der Waals surface area contributed by atoms with Crippen molar-refractivity contribution in [3.05, 3.63) is 70.8 Å². The Morgan fingerprint density at radius 2 is 1.84 bits per heavy atom. The third-order valence-electron chi connectivity index (χ3n) is 6.10. The van der Waals surface area contributed by atoms with Crippen molar-refractivity contribution >= 4 is 5.91 Å². The van der Waals surface area contributed by atoms with Gasteiger partial charge in [-0.15, -0.1) is 0 Å². The monoisotopic (exact) mass is 512 g/mol. The summed E-state index contributed by atoms with van der Waals surface area (Å²) in [4.78, 5) is 10.9. The van der Waals surface area contributed by atoms with E-state index >= 15 is 4.39 Å². The fourth-order valence-corrected chi connectivity index (χ4v) is 4.16. The van der Waals surface area contributed by atoms with E-state index in [0.717, 1.165) is 28.3 Å². The van der Waals surface area contributed by atoms with Crippen LogP contribution in [0.3, 0.4) is 0 Å². The van der Waals surface area contributed by atoms with E-state index in [9.17, 15) is 9.18 Å². The molecule has 7 nitrogen and oxygen atoms in total. The minimum Gasteiger partial charge on any atom is -0.493 e. The zero-order valence-corrected chi connectivity index (χ0v) is 21.1. The number of ether oxygens (including phenoxy) is 4. The van der Waals surface area contributed by atoms with Gasteiger partial charge in [0.05, 0.1) is 7.11 Å². The first-order valence-electron chi connectivity index (χ1n) is 12.0. The predicted molar refractivity (Wildman–Crippen MR) is 135 cm³/mol. The molecule has 196 valence electrons.